The summed E-state index contributed by atoms with van der Waals surface area (Å²) in [6, 6.07) is 9.20. The Morgan fingerprint density at radius 3 is 2.67 bits per heavy atom. The maximum atomic E-state index is 11.4. The summed E-state index contributed by atoms with van der Waals surface area (Å²) in [4.78, 5) is 11.4. The number of esters is 1. The van der Waals surface area contributed by atoms with Crippen LogP contribution in [0.2, 0.25) is 0 Å². The number of ether oxygens (including phenoxy) is 1. The van der Waals surface area contributed by atoms with E-state index in [1.54, 1.807) is 6.92 Å². The normalized spacial score (nSPS) is 12.1. The van der Waals surface area contributed by atoms with Crippen LogP contribution in [0, 0.1) is 0 Å². The van der Waals surface area contributed by atoms with E-state index >= 15 is 0 Å². The van der Waals surface area contributed by atoms with Crippen LogP contribution in [0.15, 0.2) is 30.3 Å². The second-order valence-corrected chi connectivity index (χ2v) is 3.16. The van der Waals surface area contributed by atoms with Gasteiger partial charge in [0.1, 0.15) is 6.04 Å². The average Bonchev–Trinajstić information content (AvgIpc) is 2.27. The van der Waals surface area contributed by atoms with Crippen molar-refractivity contribution in [2.75, 3.05) is 6.61 Å². The van der Waals surface area contributed by atoms with Gasteiger partial charge in [-0.05, 0) is 18.9 Å². The molecule has 0 bridgehead atoms. The minimum atomic E-state index is -0.479. The Kier molecular flexibility index (Phi) is 4.80. The monoisotopic (exact) mass is 208 g/mol. The van der Waals surface area contributed by atoms with E-state index < -0.39 is 6.04 Å². The van der Waals surface area contributed by atoms with Gasteiger partial charge in [-0.1, -0.05) is 30.3 Å². The molecule has 0 unspecified atom stereocenters. The Labute approximate surface area is 89.4 Å². The van der Waals surface area contributed by atoms with Gasteiger partial charge in [0.25, 0.3) is 0 Å². The van der Waals surface area contributed by atoms with E-state index in [4.69, 9.17) is 10.6 Å². The molecule has 0 fully saturated rings. The molecule has 3 N–H and O–H groups in total. The summed E-state index contributed by atoms with van der Waals surface area (Å²) in [5.41, 5.74) is 3.51. The molecule has 1 aromatic carbocycles. The quantitative estimate of drug-likeness (QED) is 0.423. The number of nitrogens with two attached hydrogens (primary N) is 1. The van der Waals surface area contributed by atoms with Gasteiger partial charge < -0.3 is 4.74 Å². The Morgan fingerprint density at radius 1 is 1.47 bits per heavy atom. The van der Waals surface area contributed by atoms with Crippen molar-refractivity contribution < 1.29 is 9.53 Å². The predicted molar refractivity (Wildman–Crippen MR) is 57.9 cm³/mol. The SMILES string of the molecule is CCOC(=O)[C@H](Cc1ccccc1)NN. The predicted octanol–water partition coefficient (Wildman–Crippen LogP) is 0.624. The molecule has 1 aromatic rings. The fourth-order valence-electron chi connectivity index (χ4n) is 1.30. The van der Waals surface area contributed by atoms with Crippen molar-refractivity contribution >= 4 is 5.97 Å². The molecule has 4 nitrogen and oxygen atoms in total. The van der Waals surface area contributed by atoms with Crippen LogP contribution < -0.4 is 11.3 Å². The largest absolute Gasteiger partial charge is 0.465 e. The van der Waals surface area contributed by atoms with E-state index in [2.05, 4.69) is 5.43 Å². The summed E-state index contributed by atoms with van der Waals surface area (Å²) < 4.78 is 4.89. The zero-order valence-electron chi connectivity index (χ0n) is 8.77. The number of carbonyl (C=O) groups excluding carboxylic acids is 1. The summed E-state index contributed by atoms with van der Waals surface area (Å²) in [6.07, 6.45) is 0.538. The first-order chi connectivity index (χ1) is 7.27. The van der Waals surface area contributed by atoms with Crippen LogP contribution in [0.5, 0.6) is 0 Å². The van der Waals surface area contributed by atoms with E-state index in [-0.39, 0.29) is 5.97 Å². The highest BCUT2D eigenvalue weighted by Crippen LogP contribution is 2.03. The van der Waals surface area contributed by atoms with Crippen molar-refractivity contribution in [3.05, 3.63) is 35.9 Å². The van der Waals surface area contributed by atoms with Gasteiger partial charge in [0.05, 0.1) is 6.61 Å². The van der Waals surface area contributed by atoms with Crippen LogP contribution >= 0.6 is 0 Å². The highest BCUT2D eigenvalue weighted by Gasteiger charge is 2.17. The lowest BCUT2D eigenvalue weighted by atomic mass is 10.1. The molecule has 82 valence electrons. The van der Waals surface area contributed by atoms with Crippen molar-refractivity contribution in [2.45, 2.75) is 19.4 Å². The molecule has 1 atom stereocenters. The summed E-state index contributed by atoms with van der Waals surface area (Å²) in [5.74, 6) is 4.99. The second kappa shape index (κ2) is 6.16. The Hall–Kier alpha value is -1.39. The number of rotatable bonds is 5. The molecule has 0 saturated heterocycles. The maximum absolute atomic E-state index is 11.4. The van der Waals surface area contributed by atoms with E-state index in [9.17, 15) is 4.79 Å². The fraction of sp³-hybridized carbons (Fsp3) is 0.364. The molecule has 0 heterocycles. The molecule has 0 spiro atoms. The van der Waals surface area contributed by atoms with Gasteiger partial charge in [-0.25, -0.2) is 5.43 Å². The number of carbonyl (C=O) groups is 1. The highest BCUT2D eigenvalue weighted by atomic mass is 16.5. The van der Waals surface area contributed by atoms with Crippen LogP contribution in [-0.2, 0) is 16.0 Å². The van der Waals surface area contributed by atoms with Gasteiger partial charge in [0.15, 0.2) is 0 Å². The summed E-state index contributed by atoms with van der Waals surface area (Å²) in [6.45, 7) is 2.14. The van der Waals surface area contributed by atoms with E-state index in [0.717, 1.165) is 5.56 Å². The number of hydrogen-bond acceptors (Lipinski definition) is 4. The third-order valence-electron chi connectivity index (χ3n) is 2.05. The Morgan fingerprint density at radius 2 is 2.13 bits per heavy atom. The van der Waals surface area contributed by atoms with Crippen LogP contribution in [0.3, 0.4) is 0 Å². The number of hydrogen-bond donors (Lipinski definition) is 2. The zero-order chi connectivity index (χ0) is 11.1. The van der Waals surface area contributed by atoms with Crippen molar-refractivity contribution in [3.8, 4) is 0 Å². The molecule has 0 saturated carbocycles. The molecule has 15 heavy (non-hydrogen) atoms. The molecule has 1 rings (SSSR count). The van der Waals surface area contributed by atoms with E-state index in [0.29, 0.717) is 13.0 Å². The minimum Gasteiger partial charge on any atom is -0.465 e. The first kappa shape index (κ1) is 11.7. The molecule has 0 aromatic heterocycles. The molecule has 0 aliphatic carbocycles. The topological polar surface area (TPSA) is 64.3 Å². The molecule has 0 amide bonds. The summed E-state index contributed by atoms with van der Waals surface area (Å²) in [7, 11) is 0. The second-order valence-electron chi connectivity index (χ2n) is 3.16. The molecule has 0 radical (unpaired) electrons. The molecule has 0 aliphatic heterocycles. The van der Waals surface area contributed by atoms with Crippen LogP contribution in [0.25, 0.3) is 0 Å². The van der Waals surface area contributed by atoms with Gasteiger partial charge >= 0.3 is 5.97 Å². The van der Waals surface area contributed by atoms with E-state index in [1.165, 1.54) is 0 Å². The van der Waals surface area contributed by atoms with Gasteiger partial charge in [-0.15, -0.1) is 0 Å². The van der Waals surface area contributed by atoms with Crippen molar-refractivity contribution in [1.82, 2.24) is 5.43 Å². The van der Waals surface area contributed by atoms with Crippen molar-refractivity contribution in [1.29, 1.82) is 0 Å². The third kappa shape index (κ3) is 3.69. The van der Waals surface area contributed by atoms with Crippen LogP contribution in [0.1, 0.15) is 12.5 Å². The van der Waals surface area contributed by atoms with E-state index in [1.807, 2.05) is 30.3 Å². The lowest BCUT2D eigenvalue weighted by Gasteiger charge is -2.14. The summed E-state index contributed by atoms with van der Waals surface area (Å²) >= 11 is 0. The van der Waals surface area contributed by atoms with Gasteiger partial charge in [0, 0.05) is 0 Å². The summed E-state index contributed by atoms with van der Waals surface area (Å²) in [5, 5.41) is 0. The zero-order valence-corrected chi connectivity index (χ0v) is 8.77. The standard InChI is InChI=1S/C11H16N2O2/c1-2-15-11(14)10(13-12)8-9-6-4-3-5-7-9/h3-7,10,13H,2,8,12H2,1H3/t10-/m0/s1. The van der Waals surface area contributed by atoms with Crippen LogP contribution in [0.4, 0.5) is 0 Å². The first-order valence-electron chi connectivity index (χ1n) is 4.94. The van der Waals surface area contributed by atoms with Crippen molar-refractivity contribution in [3.63, 3.8) is 0 Å². The minimum absolute atomic E-state index is 0.316. The fourth-order valence-corrected chi connectivity index (χ4v) is 1.30. The average molecular weight is 208 g/mol. The smallest absolute Gasteiger partial charge is 0.324 e. The Balaban J connectivity index is 2.58. The molecule has 0 aliphatic rings. The van der Waals surface area contributed by atoms with Crippen LogP contribution in [-0.4, -0.2) is 18.6 Å². The number of hydrazine groups is 1. The highest BCUT2D eigenvalue weighted by molar-refractivity contribution is 5.76. The maximum Gasteiger partial charge on any atom is 0.324 e. The number of nitrogens with one attached hydrogen (secondary N) is 1. The lowest BCUT2D eigenvalue weighted by molar-refractivity contribution is -0.145. The number of benzene rings is 1. The molecule has 4 heteroatoms. The first-order valence-corrected chi connectivity index (χ1v) is 4.94. The molecular formula is C11H16N2O2. The molecular weight excluding hydrogens is 192 g/mol. The van der Waals surface area contributed by atoms with Gasteiger partial charge in [-0.3, -0.25) is 10.6 Å². The van der Waals surface area contributed by atoms with Crippen molar-refractivity contribution in [2.24, 2.45) is 5.84 Å². The third-order valence-corrected chi connectivity index (χ3v) is 2.05. The Bertz CT molecular complexity index is 301. The lowest BCUT2D eigenvalue weighted by Crippen LogP contribution is -2.43. The van der Waals surface area contributed by atoms with Gasteiger partial charge in [-0.2, -0.15) is 0 Å². The van der Waals surface area contributed by atoms with Gasteiger partial charge in [0.2, 0.25) is 0 Å².